The van der Waals surface area contributed by atoms with Gasteiger partial charge in [-0.3, -0.25) is 0 Å². The van der Waals surface area contributed by atoms with Gasteiger partial charge in [0.25, 0.3) is 0 Å². The summed E-state index contributed by atoms with van der Waals surface area (Å²) in [6.07, 6.45) is 1.87. The van der Waals surface area contributed by atoms with Crippen molar-refractivity contribution in [2.24, 2.45) is 0 Å². The Morgan fingerprint density at radius 1 is 0.327 bits per heavy atom. The van der Waals surface area contributed by atoms with Crippen molar-refractivity contribution in [3.8, 4) is 33.4 Å². The van der Waals surface area contributed by atoms with E-state index in [0.717, 1.165) is 71.5 Å². The smallest absolute Gasteiger partial charge is 0.146 e. The van der Waals surface area contributed by atoms with Crippen LogP contribution in [0.2, 0.25) is 0 Å². The molecule has 0 unspecified atom stereocenters. The lowest BCUT2D eigenvalue weighted by atomic mass is 9.85. The Kier molecular flexibility index (Phi) is 5.38. The van der Waals surface area contributed by atoms with E-state index in [1.807, 2.05) is 24.5 Å². The predicted molar refractivity (Wildman–Crippen MR) is 202 cm³/mol. The van der Waals surface area contributed by atoms with E-state index in [1.165, 1.54) is 38.2 Å². The Hall–Kier alpha value is -6.58. The van der Waals surface area contributed by atoms with E-state index in [-0.39, 0.29) is 0 Å². The highest BCUT2D eigenvalue weighted by molar-refractivity contribution is 6.24. The van der Waals surface area contributed by atoms with Crippen LogP contribution in [0.25, 0.3) is 110 Å². The highest BCUT2D eigenvalue weighted by Gasteiger charge is 2.21. The van der Waals surface area contributed by atoms with Crippen LogP contribution >= 0.6 is 0 Å². The monoisotopic (exact) mass is 626 g/mol. The van der Waals surface area contributed by atoms with E-state index in [0.29, 0.717) is 0 Å². The van der Waals surface area contributed by atoms with Gasteiger partial charge in [-0.1, -0.05) is 109 Å². The number of hydrogen-bond acceptors (Lipinski definition) is 3. The van der Waals surface area contributed by atoms with E-state index in [2.05, 4.69) is 133 Å². The summed E-state index contributed by atoms with van der Waals surface area (Å²) >= 11 is 0. The number of para-hydroxylation sites is 1. The number of fused-ring (bicyclic) bond motifs is 10. The fourth-order valence-corrected chi connectivity index (χ4v) is 7.98. The largest absolute Gasteiger partial charge is 0.463 e. The van der Waals surface area contributed by atoms with Crippen LogP contribution in [0.15, 0.2) is 171 Å². The fraction of sp³-hybridized carbons (Fsp3) is 0. The molecule has 0 aliphatic heterocycles. The normalized spacial score (nSPS) is 12.1. The Balaban J connectivity index is 1.18. The van der Waals surface area contributed by atoms with Gasteiger partial charge in [0.2, 0.25) is 0 Å². The van der Waals surface area contributed by atoms with Crippen molar-refractivity contribution in [2.75, 3.05) is 0 Å². The van der Waals surface area contributed by atoms with Gasteiger partial charge in [0, 0.05) is 27.1 Å². The number of rotatable bonds is 3. The van der Waals surface area contributed by atoms with Gasteiger partial charge < -0.3 is 13.3 Å². The molecule has 0 amide bonds. The van der Waals surface area contributed by atoms with Gasteiger partial charge in [0.05, 0.1) is 11.6 Å². The van der Waals surface area contributed by atoms with Crippen molar-refractivity contribution in [1.82, 2.24) is 0 Å². The van der Waals surface area contributed by atoms with Gasteiger partial charge in [-0.05, 0) is 91.8 Å². The molecule has 0 saturated carbocycles. The molecular weight excluding hydrogens is 601 g/mol. The van der Waals surface area contributed by atoms with Gasteiger partial charge in [0.1, 0.15) is 27.9 Å². The first-order chi connectivity index (χ1) is 24.3. The first-order valence-corrected chi connectivity index (χ1v) is 16.6. The summed E-state index contributed by atoms with van der Waals surface area (Å²) in [7, 11) is 0. The van der Waals surface area contributed by atoms with Crippen molar-refractivity contribution >= 4 is 76.4 Å². The molecule has 0 saturated heterocycles. The maximum absolute atomic E-state index is 6.41. The molecule has 3 nitrogen and oxygen atoms in total. The summed E-state index contributed by atoms with van der Waals surface area (Å²) in [5.74, 6) is 0. The number of benzene rings is 8. The molecule has 3 heteroatoms. The van der Waals surface area contributed by atoms with Crippen molar-refractivity contribution < 1.29 is 13.3 Å². The SMILES string of the molecule is c1ccc(-c2coc3c2ccc2oc4ccc(-c5c6ccccc6c(-c6ccc7oc8ccccc8c7c6)c6ccccc56)cc4c23)cc1. The average molecular weight is 627 g/mol. The summed E-state index contributed by atoms with van der Waals surface area (Å²) in [6.45, 7) is 0. The van der Waals surface area contributed by atoms with Crippen LogP contribution in [0, 0.1) is 0 Å². The summed E-state index contributed by atoms with van der Waals surface area (Å²) in [5, 5.41) is 10.2. The second-order valence-electron chi connectivity index (χ2n) is 12.8. The van der Waals surface area contributed by atoms with Crippen LogP contribution in [0.4, 0.5) is 0 Å². The van der Waals surface area contributed by atoms with Crippen molar-refractivity contribution in [2.45, 2.75) is 0 Å². The van der Waals surface area contributed by atoms with Crippen molar-refractivity contribution in [1.29, 1.82) is 0 Å². The first kappa shape index (κ1) is 26.5. The Morgan fingerprint density at radius 2 is 0.837 bits per heavy atom. The van der Waals surface area contributed by atoms with Crippen LogP contribution in [0.3, 0.4) is 0 Å². The topological polar surface area (TPSA) is 39.4 Å². The van der Waals surface area contributed by atoms with Gasteiger partial charge >= 0.3 is 0 Å². The van der Waals surface area contributed by atoms with E-state index in [1.54, 1.807) is 0 Å². The molecule has 0 bridgehead atoms. The molecular formula is C46H26O3. The van der Waals surface area contributed by atoms with Gasteiger partial charge in [0.15, 0.2) is 0 Å². The molecule has 0 N–H and O–H groups in total. The third kappa shape index (κ3) is 3.78. The van der Waals surface area contributed by atoms with Crippen molar-refractivity contribution in [3.05, 3.63) is 158 Å². The minimum absolute atomic E-state index is 0.820. The molecule has 0 radical (unpaired) electrons. The molecule has 49 heavy (non-hydrogen) atoms. The molecule has 0 fully saturated rings. The highest BCUT2D eigenvalue weighted by Crippen LogP contribution is 2.46. The molecule has 0 aliphatic rings. The Labute approximate surface area is 280 Å². The van der Waals surface area contributed by atoms with Crippen molar-refractivity contribution in [3.63, 3.8) is 0 Å². The zero-order valence-corrected chi connectivity index (χ0v) is 26.2. The second-order valence-corrected chi connectivity index (χ2v) is 12.8. The third-order valence-electron chi connectivity index (χ3n) is 10.1. The van der Waals surface area contributed by atoms with Crippen LogP contribution in [-0.4, -0.2) is 0 Å². The van der Waals surface area contributed by atoms with Gasteiger partial charge in [-0.2, -0.15) is 0 Å². The summed E-state index contributed by atoms with van der Waals surface area (Å²) < 4.78 is 18.9. The maximum atomic E-state index is 6.41. The second kappa shape index (κ2) is 9.96. The number of hydrogen-bond donors (Lipinski definition) is 0. The molecule has 11 rings (SSSR count). The molecule has 3 heterocycles. The number of furan rings is 3. The average Bonchev–Trinajstić information content (AvgIpc) is 3.87. The Morgan fingerprint density at radius 3 is 1.51 bits per heavy atom. The lowest BCUT2D eigenvalue weighted by molar-refractivity contribution is 0.619. The van der Waals surface area contributed by atoms with Gasteiger partial charge in [-0.15, -0.1) is 0 Å². The minimum Gasteiger partial charge on any atom is -0.463 e. The molecule has 0 aliphatic carbocycles. The third-order valence-corrected chi connectivity index (χ3v) is 10.1. The molecule has 8 aromatic carbocycles. The van der Waals surface area contributed by atoms with Gasteiger partial charge in [-0.25, -0.2) is 0 Å². The summed E-state index contributed by atoms with van der Waals surface area (Å²) in [4.78, 5) is 0. The first-order valence-electron chi connectivity index (χ1n) is 16.6. The lowest BCUT2D eigenvalue weighted by Crippen LogP contribution is -1.90. The summed E-state index contributed by atoms with van der Waals surface area (Å²) in [5.41, 5.74) is 11.3. The lowest BCUT2D eigenvalue weighted by Gasteiger charge is -2.17. The standard InChI is InChI=1S/C46H26O3/c1-2-10-27(11-3-1)38-26-47-46-35(38)20-23-42-45(46)37-25-29(19-22-41(37)49-42)44-33-15-6-4-13-31(33)43(32-14-5-7-16-34(32)44)28-18-21-40-36(24-28)30-12-8-9-17-39(30)48-40/h1-26H. The van der Waals surface area contributed by atoms with E-state index >= 15 is 0 Å². The van der Waals surface area contributed by atoms with E-state index in [9.17, 15) is 0 Å². The zero-order chi connectivity index (χ0) is 32.1. The molecule has 228 valence electrons. The van der Waals surface area contributed by atoms with Crippen LogP contribution < -0.4 is 0 Å². The molecule has 0 spiro atoms. The molecule has 0 atom stereocenters. The molecule has 11 aromatic rings. The summed E-state index contributed by atoms with van der Waals surface area (Å²) in [6, 6.07) is 53.6. The minimum atomic E-state index is 0.820. The van der Waals surface area contributed by atoms with E-state index < -0.39 is 0 Å². The molecule has 3 aromatic heterocycles. The highest BCUT2D eigenvalue weighted by atomic mass is 16.3. The zero-order valence-electron chi connectivity index (χ0n) is 26.2. The fourth-order valence-electron chi connectivity index (χ4n) is 7.98. The van der Waals surface area contributed by atoms with Crippen LogP contribution in [0.5, 0.6) is 0 Å². The predicted octanol–water partition coefficient (Wildman–Crippen LogP) is 13.5. The quantitative estimate of drug-likeness (QED) is 0.183. The van der Waals surface area contributed by atoms with Crippen LogP contribution in [-0.2, 0) is 0 Å². The van der Waals surface area contributed by atoms with E-state index in [4.69, 9.17) is 13.3 Å². The Bertz CT molecular complexity index is 3040. The van der Waals surface area contributed by atoms with Crippen LogP contribution in [0.1, 0.15) is 0 Å². The maximum Gasteiger partial charge on any atom is 0.146 e.